The molecule has 0 aliphatic carbocycles. The van der Waals surface area contributed by atoms with Crippen molar-refractivity contribution in [1.29, 1.82) is 0 Å². The second kappa shape index (κ2) is 14.2. The predicted molar refractivity (Wildman–Crippen MR) is 106 cm³/mol. The summed E-state index contributed by atoms with van der Waals surface area (Å²) in [5, 5.41) is 30.9. The normalized spacial score (nSPS) is 11.7. The molecule has 2 aromatic rings. The van der Waals surface area contributed by atoms with E-state index in [1.54, 1.807) is 48.5 Å². The van der Waals surface area contributed by atoms with Crippen LogP contribution in [0.1, 0.15) is 21.6 Å². The van der Waals surface area contributed by atoms with Gasteiger partial charge in [0.25, 0.3) is 0 Å². The fourth-order valence-electron chi connectivity index (χ4n) is 1.56. The summed E-state index contributed by atoms with van der Waals surface area (Å²) in [6.45, 7) is -0.250. The van der Waals surface area contributed by atoms with Crippen molar-refractivity contribution >= 4 is 37.2 Å². The van der Waals surface area contributed by atoms with E-state index in [1.807, 2.05) is 12.1 Å². The van der Waals surface area contributed by atoms with E-state index < -0.39 is 22.4 Å². The molecule has 0 aliphatic rings. The zero-order valence-electron chi connectivity index (χ0n) is 13.8. The highest BCUT2D eigenvalue weighted by Gasteiger charge is 2.13. The zero-order chi connectivity index (χ0) is 19.9. The first-order valence-corrected chi connectivity index (χ1v) is 8.51. The standard InChI is InChI=1S/2C8H8O2S.C2H6O2/c2*9-8(10)7(11)6-4-2-1-3-5-6;3-1-2-4/h2*1-5,7,11H,(H,9,10);3-4H,1-2H2. The molecule has 2 rings (SSSR count). The van der Waals surface area contributed by atoms with E-state index in [-0.39, 0.29) is 13.2 Å². The fourth-order valence-corrected chi connectivity index (χ4v) is 1.90. The minimum absolute atomic E-state index is 0.125. The molecule has 2 aromatic carbocycles. The van der Waals surface area contributed by atoms with E-state index >= 15 is 0 Å². The highest BCUT2D eigenvalue weighted by molar-refractivity contribution is 7.81. The van der Waals surface area contributed by atoms with E-state index in [1.165, 1.54) is 0 Å². The summed E-state index contributed by atoms with van der Waals surface area (Å²) < 4.78 is 0. The molecule has 4 N–H and O–H groups in total. The van der Waals surface area contributed by atoms with Crippen molar-refractivity contribution in [2.75, 3.05) is 13.2 Å². The molecule has 142 valence electrons. The highest BCUT2D eigenvalue weighted by Crippen LogP contribution is 2.19. The molecule has 8 heteroatoms. The highest BCUT2D eigenvalue weighted by atomic mass is 32.1. The first kappa shape index (κ1) is 24.0. The van der Waals surface area contributed by atoms with Gasteiger partial charge in [0.15, 0.2) is 0 Å². The van der Waals surface area contributed by atoms with Gasteiger partial charge in [-0.2, -0.15) is 25.3 Å². The van der Waals surface area contributed by atoms with Crippen LogP contribution < -0.4 is 0 Å². The summed E-state index contributed by atoms with van der Waals surface area (Å²) >= 11 is 7.83. The zero-order valence-corrected chi connectivity index (χ0v) is 15.6. The average molecular weight is 399 g/mol. The smallest absolute Gasteiger partial charge is 0.320 e. The van der Waals surface area contributed by atoms with Crippen LogP contribution in [0.15, 0.2) is 60.7 Å². The summed E-state index contributed by atoms with van der Waals surface area (Å²) in [5.74, 6) is -1.83. The Morgan fingerprint density at radius 1 is 0.692 bits per heavy atom. The van der Waals surface area contributed by atoms with Crippen LogP contribution in [0, 0.1) is 0 Å². The number of carboxylic acid groups (broad SMARTS) is 2. The Balaban J connectivity index is 0.000000401. The first-order chi connectivity index (χ1) is 12.3. The number of hydrogen-bond acceptors (Lipinski definition) is 6. The Hall–Kier alpha value is -2.00. The average Bonchev–Trinajstić information content (AvgIpc) is 2.68. The maximum atomic E-state index is 10.4. The number of aliphatic hydroxyl groups excluding tert-OH is 2. The van der Waals surface area contributed by atoms with Crippen molar-refractivity contribution in [3.8, 4) is 0 Å². The number of rotatable bonds is 5. The fraction of sp³-hybridized carbons (Fsp3) is 0.222. The van der Waals surface area contributed by atoms with E-state index in [0.717, 1.165) is 0 Å². The second-order valence-corrected chi connectivity index (χ2v) is 5.78. The number of aliphatic hydroxyl groups is 2. The van der Waals surface area contributed by atoms with Gasteiger partial charge in [0, 0.05) is 0 Å². The quantitative estimate of drug-likeness (QED) is 0.431. The van der Waals surface area contributed by atoms with Crippen LogP contribution >= 0.6 is 25.3 Å². The molecule has 2 atom stereocenters. The van der Waals surface area contributed by atoms with Crippen molar-refractivity contribution in [3.05, 3.63) is 71.8 Å². The molecule has 2 unspecified atom stereocenters. The van der Waals surface area contributed by atoms with Crippen LogP contribution in [0.2, 0.25) is 0 Å². The van der Waals surface area contributed by atoms with Gasteiger partial charge in [-0.25, -0.2) is 0 Å². The maximum absolute atomic E-state index is 10.4. The number of thiol groups is 2. The van der Waals surface area contributed by atoms with Gasteiger partial charge in [-0.3, -0.25) is 9.59 Å². The van der Waals surface area contributed by atoms with Crippen LogP contribution in [0.4, 0.5) is 0 Å². The number of carboxylic acids is 2. The molecule has 0 amide bonds. The van der Waals surface area contributed by atoms with E-state index in [4.69, 9.17) is 20.4 Å². The Labute approximate surface area is 162 Å². The maximum Gasteiger partial charge on any atom is 0.320 e. The van der Waals surface area contributed by atoms with Crippen LogP contribution in [0.25, 0.3) is 0 Å². The van der Waals surface area contributed by atoms with Gasteiger partial charge in [0.05, 0.1) is 13.2 Å². The molecular formula is C18H22O6S2. The molecule has 26 heavy (non-hydrogen) atoms. The SMILES string of the molecule is O=C(O)C(S)c1ccccc1.O=C(O)C(S)c1ccccc1.OCCO. The van der Waals surface area contributed by atoms with Crippen LogP contribution in [0.5, 0.6) is 0 Å². The van der Waals surface area contributed by atoms with Gasteiger partial charge < -0.3 is 20.4 Å². The lowest BCUT2D eigenvalue weighted by Crippen LogP contribution is -2.04. The largest absolute Gasteiger partial charge is 0.480 e. The number of benzene rings is 2. The third-order valence-corrected chi connectivity index (χ3v) is 3.84. The van der Waals surface area contributed by atoms with Gasteiger partial charge in [0.2, 0.25) is 0 Å². The lowest BCUT2D eigenvalue weighted by atomic mass is 10.1. The molecule has 0 radical (unpaired) electrons. The molecule has 0 aromatic heterocycles. The summed E-state index contributed by atoms with van der Waals surface area (Å²) in [6.07, 6.45) is 0. The van der Waals surface area contributed by atoms with Gasteiger partial charge in [0.1, 0.15) is 10.5 Å². The Kier molecular flexibility index (Phi) is 13.1. The molecule has 0 saturated carbocycles. The van der Waals surface area contributed by atoms with Gasteiger partial charge >= 0.3 is 11.9 Å². The third kappa shape index (κ3) is 10.1. The number of carbonyl (C=O) groups is 2. The van der Waals surface area contributed by atoms with E-state index in [9.17, 15) is 9.59 Å². The molecule has 0 spiro atoms. The number of aliphatic carboxylic acids is 2. The van der Waals surface area contributed by atoms with Gasteiger partial charge in [-0.15, -0.1) is 0 Å². The van der Waals surface area contributed by atoms with Gasteiger partial charge in [-0.05, 0) is 11.1 Å². The predicted octanol–water partition coefficient (Wildman–Crippen LogP) is 2.46. The topological polar surface area (TPSA) is 115 Å². The minimum Gasteiger partial charge on any atom is -0.480 e. The first-order valence-electron chi connectivity index (χ1n) is 7.48. The van der Waals surface area contributed by atoms with Crippen molar-refractivity contribution in [2.45, 2.75) is 10.5 Å². The van der Waals surface area contributed by atoms with Crippen molar-refractivity contribution in [3.63, 3.8) is 0 Å². The lowest BCUT2D eigenvalue weighted by molar-refractivity contribution is -0.137. The summed E-state index contributed by atoms with van der Waals surface area (Å²) in [6, 6.07) is 17.8. The molecule has 0 heterocycles. The molecular weight excluding hydrogens is 376 g/mol. The van der Waals surface area contributed by atoms with Gasteiger partial charge in [-0.1, -0.05) is 60.7 Å². The molecule has 0 bridgehead atoms. The lowest BCUT2D eigenvalue weighted by Gasteiger charge is -2.03. The second-order valence-electron chi connectivity index (χ2n) is 4.75. The Morgan fingerprint density at radius 3 is 1.15 bits per heavy atom. The molecule has 6 nitrogen and oxygen atoms in total. The third-order valence-electron chi connectivity index (χ3n) is 2.80. The molecule has 0 aliphatic heterocycles. The van der Waals surface area contributed by atoms with Crippen LogP contribution in [-0.2, 0) is 9.59 Å². The summed E-state index contributed by atoms with van der Waals surface area (Å²) in [7, 11) is 0. The van der Waals surface area contributed by atoms with Crippen molar-refractivity contribution < 1.29 is 30.0 Å². The number of hydrogen-bond donors (Lipinski definition) is 6. The van der Waals surface area contributed by atoms with Crippen LogP contribution in [-0.4, -0.2) is 45.6 Å². The summed E-state index contributed by atoms with van der Waals surface area (Å²) in [4.78, 5) is 20.8. The Morgan fingerprint density at radius 2 is 0.962 bits per heavy atom. The summed E-state index contributed by atoms with van der Waals surface area (Å²) in [5.41, 5.74) is 1.42. The molecule has 0 fully saturated rings. The van der Waals surface area contributed by atoms with Crippen molar-refractivity contribution in [2.24, 2.45) is 0 Å². The van der Waals surface area contributed by atoms with E-state index in [2.05, 4.69) is 25.3 Å². The minimum atomic E-state index is -0.917. The molecule has 0 saturated heterocycles. The van der Waals surface area contributed by atoms with E-state index in [0.29, 0.717) is 11.1 Å². The van der Waals surface area contributed by atoms with Crippen LogP contribution in [0.3, 0.4) is 0 Å². The van der Waals surface area contributed by atoms with Crippen molar-refractivity contribution in [1.82, 2.24) is 0 Å². The Bertz CT molecular complexity index is 579. The monoisotopic (exact) mass is 398 g/mol.